The second kappa shape index (κ2) is 2.54. The molecule has 0 aliphatic rings. The second-order valence-corrected chi connectivity index (χ2v) is 7.80. The molecular formula is C6H13N3Si. The van der Waals surface area contributed by atoms with Gasteiger partial charge >= 0.3 is 0 Å². The number of nitrogens with zero attached hydrogens (tertiary/aromatic N) is 3. The number of hydrogen-bond acceptors (Lipinski definition) is 2. The third kappa shape index (κ3) is 1.26. The van der Waals surface area contributed by atoms with Gasteiger partial charge in [0, 0.05) is 0 Å². The Hall–Kier alpha value is -0.643. The van der Waals surface area contributed by atoms with E-state index in [4.69, 9.17) is 0 Å². The number of hydrogen-bond donors (Lipinski definition) is 0. The van der Waals surface area contributed by atoms with Crippen molar-refractivity contribution in [2.24, 2.45) is 0 Å². The third-order valence-electron chi connectivity index (χ3n) is 1.90. The average molecular weight is 155 g/mol. The van der Waals surface area contributed by atoms with Gasteiger partial charge in [-0.3, -0.25) is 4.35 Å². The molecule has 10 heavy (non-hydrogen) atoms. The Morgan fingerprint density at radius 2 is 2.20 bits per heavy atom. The normalized spacial score (nSPS) is 11.9. The smallest absolute Gasteiger partial charge is 0.180 e. The van der Waals surface area contributed by atoms with Crippen LogP contribution in [0.3, 0.4) is 0 Å². The molecule has 4 heteroatoms. The van der Waals surface area contributed by atoms with E-state index in [1.165, 1.54) is 6.04 Å². The Balaban J connectivity index is 2.85. The Morgan fingerprint density at radius 3 is 2.60 bits per heavy atom. The molecule has 0 atom stereocenters. The highest BCUT2D eigenvalue weighted by molar-refractivity contribution is 6.75. The van der Waals surface area contributed by atoms with Gasteiger partial charge in [-0.1, -0.05) is 6.92 Å². The van der Waals surface area contributed by atoms with Crippen LogP contribution in [0.4, 0.5) is 0 Å². The summed E-state index contributed by atoms with van der Waals surface area (Å²) in [5.74, 6) is 0. The molecule has 0 aromatic carbocycles. The van der Waals surface area contributed by atoms with E-state index >= 15 is 0 Å². The van der Waals surface area contributed by atoms with Crippen molar-refractivity contribution in [1.29, 1.82) is 0 Å². The first-order chi connectivity index (χ1) is 4.67. The van der Waals surface area contributed by atoms with Gasteiger partial charge in [0.25, 0.3) is 0 Å². The van der Waals surface area contributed by atoms with Crippen molar-refractivity contribution in [1.82, 2.24) is 14.4 Å². The quantitative estimate of drug-likeness (QED) is 0.604. The van der Waals surface area contributed by atoms with E-state index in [9.17, 15) is 0 Å². The van der Waals surface area contributed by atoms with Crippen LogP contribution in [0.2, 0.25) is 19.1 Å². The van der Waals surface area contributed by atoms with E-state index in [2.05, 4.69) is 30.1 Å². The highest BCUT2D eigenvalue weighted by atomic mass is 28.3. The summed E-state index contributed by atoms with van der Waals surface area (Å²) in [5, 5.41) is 4.13. The molecular weight excluding hydrogens is 142 g/mol. The highest BCUT2D eigenvalue weighted by Crippen LogP contribution is 2.08. The van der Waals surface area contributed by atoms with Crippen molar-refractivity contribution < 1.29 is 0 Å². The minimum atomic E-state index is -1.26. The van der Waals surface area contributed by atoms with Gasteiger partial charge in [0.05, 0.1) is 0 Å². The molecule has 0 amide bonds. The number of rotatable bonds is 2. The summed E-state index contributed by atoms with van der Waals surface area (Å²) in [6, 6.07) is 1.20. The van der Waals surface area contributed by atoms with Crippen molar-refractivity contribution in [2.45, 2.75) is 26.1 Å². The molecule has 0 saturated heterocycles. The minimum absolute atomic E-state index is 1.20. The van der Waals surface area contributed by atoms with Crippen LogP contribution in [0, 0.1) is 0 Å². The fourth-order valence-electron chi connectivity index (χ4n) is 0.683. The maximum atomic E-state index is 4.13. The highest BCUT2D eigenvalue weighted by Gasteiger charge is 2.21. The van der Waals surface area contributed by atoms with Crippen molar-refractivity contribution in [3.8, 4) is 0 Å². The van der Waals surface area contributed by atoms with E-state index in [0.29, 0.717) is 0 Å². The summed E-state index contributed by atoms with van der Waals surface area (Å²) in [5.41, 5.74) is 0. The average Bonchev–Trinajstić information content (AvgIpc) is 2.38. The molecule has 1 heterocycles. The monoisotopic (exact) mass is 155 g/mol. The molecule has 0 radical (unpaired) electrons. The molecule has 0 unspecified atom stereocenters. The van der Waals surface area contributed by atoms with Crippen LogP contribution >= 0.6 is 0 Å². The van der Waals surface area contributed by atoms with Crippen molar-refractivity contribution in [2.75, 3.05) is 0 Å². The lowest BCUT2D eigenvalue weighted by atomic mass is 11.0. The molecule has 1 aromatic heterocycles. The maximum Gasteiger partial charge on any atom is 0.180 e. The van der Waals surface area contributed by atoms with Gasteiger partial charge in [-0.05, 0) is 19.1 Å². The summed E-state index contributed by atoms with van der Waals surface area (Å²) in [7, 11) is -1.26. The Morgan fingerprint density at radius 1 is 1.50 bits per heavy atom. The van der Waals surface area contributed by atoms with E-state index in [0.717, 1.165) is 0 Å². The van der Waals surface area contributed by atoms with Gasteiger partial charge < -0.3 is 0 Å². The molecule has 0 aliphatic carbocycles. The van der Waals surface area contributed by atoms with Crippen LogP contribution in [0.25, 0.3) is 0 Å². The molecule has 1 rings (SSSR count). The van der Waals surface area contributed by atoms with Gasteiger partial charge in [0.2, 0.25) is 0 Å². The van der Waals surface area contributed by atoms with Crippen LogP contribution in [0.1, 0.15) is 6.92 Å². The Kier molecular flexibility index (Phi) is 1.89. The predicted octanol–water partition coefficient (Wildman–Crippen LogP) is 1.35. The van der Waals surface area contributed by atoms with Crippen LogP contribution in [-0.4, -0.2) is 22.7 Å². The molecule has 0 N–H and O–H groups in total. The third-order valence-corrected chi connectivity index (χ3v) is 5.11. The summed E-state index contributed by atoms with van der Waals surface area (Å²) in [6.45, 7) is 6.76. The van der Waals surface area contributed by atoms with Crippen molar-refractivity contribution >= 4 is 8.24 Å². The van der Waals surface area contributed by atoms with E-state index in [-0.39, 0.29) is 0 Å². The topological polar surface area (TPSA) is 30.7 Å². The SMILES string of the molecule is CC[Si](C)(C)n1cncn1. The summed E-state index contributed by atoms with van der Waals surface area (Å²) in [6.07, 6.45) is 3.42. The molecule has 1 aromatic rings. The molecule has 3 nitrogen and oxygen atoms in total. The maximum absolute atomic E-state index is 4.13. The van der Waals surface area contributed by atoms with Gasteiger partial charge in [0.15, 0.2) is 8.24 Å². The van der Waals surface area contributed by atoms with Crippen LogP contribution in [0.5, 0.6) is 0 Å². The van der Waals surface area contributed by atoms with Gasteiger partial charge in [-0.15, -0.1) is 0 Å². The fourth-order valence-corrected chi connectivity index (χ4v) is 1.75. The second-order valence-electron chi connectivity index (χ2n) is 3.01. The lowest BCUT2D eigenvalue weighted by Crippen LogP contribution is -2.35. The van der Waals surface area contributed by atoms with E-state index in [1.54, 1.807) is 6.33 Å². The molecule has 0 spiro atoms. The zero-order chi connectivity index (χ0) is 7.61. The zero-order valence-corrected chi connectivity index (χ0v) is 7.70. The van der Waals surface area contributed by atoms with Crippen molar-refractivity contribution in [3.63, 3.8) is 0 Å². The van der Waals surface area contributed by atoms with Gasteiger partial charge in [-0.25, -0.2) is 4.98 Å². The molecule has 0 bridgehead atoms. The van der Waals surface area contributed by atoms with Crippen LogP contribution < -0.4 is 0 Å². The first-order valence-electron chi connectivity index (χ1n) is 3.52. The van der Waals surface area contributed by atoms with Gasteiger partial charge in [-0.2, -0.15) is 5.10 Å². The first-order valence-corrected chi connectivity index (χ1v) is 6.67. The standard InChI is InChI=1S/C6H13N3Si/c1-4-10(2,3)9-6-7-5-8-9/h5-6H,4H2,1-3H3. The molecule has 0 fully saturated rings. The summed E-state index contributed by atoms with van der Waals surface area (Å²) < 4.78 is 2.02. The van der Waals surface area contributed by atoms with Gasteiger partial charge in [0.1, 0.15) is 12.7 Å². The summed E-state index contributed by atoms with van der Waals surface area (Å²) in [4.78, 5) is 3.92. The summed E-state index contributed by atoms with van der Waals surface area (Å²) >= 11 is 0. The molecule has 56 valence electrons. The first kappa shape index (κ1) is 7.46. The molecule has 0 saturated carbocycles. The van der Waals surface area contributed by atoms with E-state index < -0.39 is 8.24 Å². The Bertz CT molecular complexity index is 193. The Labute approximate surface area is 62.2 Å². The predicted molar refractivity (Wildman–Crippen MR) is 43.4 cm³/mol. The lowest BCUT2D eigenvalue weighted by Gasteiger charge is -2.18. The minimum Gasteiger partial charge on any atom is -0.284 e. The fraction of sp³-hybridized carbons (Fsp3) is 0.667. The molecule has 0 aliphatic heterocycles. The van der Waals surface area contributed by atoms with Crippen LogP contribution in [0.15, 0.2) is 12.7 Å². The zero-order valence-electron chi connectivity index (χ0n) is 6.70. The van der Waals surface area contributed by atoms with Crippen LogP contribution in [-0.2, 0) is 0 Å². The van der Waals surface area contributed by atoms with E-state index in [1.807, 2.05) is 10.7 Å². The largest absolute Gasteiger partial charge is 0.284 e. The lowest BCUT2D eigenvalue weighted by molar-refractivity contribution is 0.916. The van der Waals surface area contributed by atoms with Crippen molar-refractivity contribution in [3.05, 3.63) is 12.7 Å². The number of aromatic nitrogens is 3.